The molecule has 0 saturated carbocycles. The summed E-state index contributed by atoms with van der Waals surface area (Å²) in [6, 6.07) is 13.2. The number of carbonyl (C=O) groups excluding carboxylic acids is 1. The maximum Gasteiger partial charge on any atom is 0.261 e. The van der Waals surface area contributed by atoms with E-state index in [4.69, 9.17) is 0 Å². The van der Waals surface area contributed by atoms with Crippen LogP contribution in [0.1, 0.15) is 21.5 Å². The SMILES string of the molecule is Cc1ccnc(NC(=O)c2cccc(NS(=O)(=O)c3ccc(C)c(F)c3)c2)c1. The van der Waals surface area contributed by atoms with E-state index in [2.05, 4.69) is 15.0 Å². The molecule has 0 radical (unpaired) electrons. The Kier molecular flexibility index (Phi) is 5.41. The van der Waals surface area contributed by atoms with E-state index >= 15 is 0 Å². The quantitative estimate of drug-likeness (QED) is 0.681. The molecule has 0 fully saturated rings. The monoisotopic (exact) mass is 399 g/mol. The fourth-order valence-electron chi connectivity index (χ4n) is 2.47. The lowest BCUT2D eigenvalue weighted by Crippen LogP contribution is -2.16. The van der Waals surface area contributed by atoms with Gasteiger partial charge in [-0.3, -0.25) is 9.52 Å². The van der Waals surface area contributed by atoms with Crippen molar-refractivity contribution in [2.75, 3.05) is 10.0 Å². The van der Waals surface area contributed by atoms with E-state index in [9.17, 15) is 17.6 Å². The van der Waals surface area contributed by atoms with E-state index in [0.717, 1.165) is 11.6 Å². The number of anilines is 2. The second kappa shape index (κ2) is 7.77. The number of aryl methyl sites for hydroxylation is 2. The Bertz CT molecular complexity index is 1150. The van der Waals surface area contributed by atoms with Crippen molar-refractivity contribution in [1.29, 1.82) is 0 Å². The number of halogens is 1. The van der Waals surface area contributed by atoms with Crippen LogP contribution in [0, 0.1) is 19.7 Å². The van der Waals surface area contributed by atoms with Gasteiger partial charge in [-0.15, -0.1) is 0 Å². The lowest BCUT2D eigenvalue weighted by molar-refractivity contribution is 0.102. The zero-order valence-corrected chi connectivity index (χ0v) is 16.0. The molecule has 6 nitrogen and oxygen atoms in total. The smallest absolute Gasteiger partial charge is 0.261 e. The van der Waals surface area contributed by atoms with Crippen molar-refractivity contribution >= 4 is 27.4 Å². The molecule has 8 heteroatoms. The summed E-state index contributed by atoms with van der Waals surface area (Å²) in [6.07, 6.45) is 1.58. The number of benzene rings is 2. The van der Waals surface area contributed by atoms with Gasteiger partial charge in [0, 0.05) is 17.4 Å². The number of rotatable bonds is 5. The van der Waals surface area contributed by atoms with Gasteiger partial charge in [-0.05, 0) is 67.4 Å². The number of sulfonamides is 1. The molecule has 0 aliphatic carbocycles. The molecule has 0 aliphatic heterocycles. The molecule has 1 amide bonds. The van der Waals surface area contributed by atoms with Crippen LogP contribution in [0.4, 0.5) is 15.9 Å². The Labute approximate surface area is 162 Å². The number of carbonyl (C=O) groups is 1. The minimum Gasteiger partial charge on any atom is -0.307 e. The Morgan fingerprint density at radius 3 is 2.54 bits per heavy atom. The number of amides is 1. The summed E-state index contributed by atoms with van der Waals surface area (Å²) in [5, 5.41) is 2.66. The van der Waals surface area contributed by atoms with Crippen LogP contribution in [0.5, 0.6) is 0 Å². The van der Waals surface area contributed by atoms with E-state index in [1.165, 1.54) is 24.3 Å². The topological polar surface area (TPSA) is 88.2 Å². The first-order chi connectivity index (χ1) is 13.2. The van der Waals surface area contributed by atoms with Gasteiger partial charge in [0.25, 0.3) is 15.9 Å². The van der Waals surface area contributed by atoms with Crippen molar-refractivity contribution in [3.63, 3.8) is 0 Å². The molecular formula is C20H18FN3O3S. The number of nitrogens with zero attached hydrogens (tertiary/aromatic N) is 1. The minimum atomic E-state index is -3.99. The molecule has 1 heterocycles. The summed E-state index contributed by atoms with van der Waals surface area (Å²) in [5.41, 5.74) is 1.73. The maximum absolute atomic E-state index is 13.7. The summed E-state index contributed by atoms with van der Waals surface area (Å²) in [6.45, 7) is 3.42. The van der Waals surface area contributed by atoms with Gasteiger partial charge in [-0.1, -0.05) is 12.1 Å². The molecule has 0 bridgehead atoms. The normalized spacial score (nSPS) is 11.1. The molecular weight excluding hydrogens is 381 g/mol. The molecule has 0 spiro atoms. The van der Waals surface area contributed by atoms with Gasteiger partial charge in [0.1, 0.15) is 11.6 Å². The van der Waals surface area contributed by atoms with Crippen molar-refractivity contribution in [2.24, 2.45) is 0 Å². The molecule has 2 aromatic carbocycles. The van der Waals surface area contributed by atoms with E-state index in [1.54, 1.807) is 37.4 Å². The Hall–Kier alpha value is -3.26. The highest BCUT2D eigenvalue weighted by molar-refractivity contribution is 7.92. The Balaban J connectivity index is 1.80. The second-order valence-corrected chi connectivity index (χ2v) is 7.95. The molecule has 1 aromatic heterocycles. The van der Waals surface area contributed by atoms with E-state index in [1.807, 2.05) is 6.92 Å². The lowest BCUT2D eigenvalue weighted by atomic mass is 10.2. The first-order valence-electron chi connectivity index (χ1n) is 8.38. The fourth-order valence-corrected chi connectivity index (χ4v) is 3.53. The van der Waals surface area contributed by atoms with Crippen molar-refractivity contribution in [1.82, 2.24) is 4.98 Å². The second-order valence-electron chi connectivity index (χ2n) is 6.27. The van der Waals surface area contributed by atoms with Gasteiger partial charge in [0.15, 0.2) is 0 Å². The molecule has 0 atom stereocenters. The third-order valence-electron chi connectivity index (χ3n) is 3.99. The fraction of sp³-hybridized carbons (Fsp3) is 0.100. The summed E-state index contributed by atoms with van der Waals surface area (Å²) >= 11 is 0. The van der Waals surface area contributed by atoms with Gasteiger partial charge in [-0.25, -0.2) is 17.8 Å². The number of pyridine rings is 1. The lowest BCUT2D eigenvalue weighted by Gasteiger charge is -2.10. The predicted molar refractivity (Wildman–Crippen MR) is 105 cm³/mol. The molecule has 0 unspecified atom stereocenters. The molecule has 3 rings (SSSR count). The molecule has 28 heavy (non-hydrogen) atoms. The Morgan fingerprint density at radius 1 is 1.04 bits per heavy atom. The molecule has 2 N–H and O–H groups in total. The van der Waals surface area contributed by atoms with Crippen LogP contribution in [-0.4, -0.2) is 19.3 Å². The summed E-state index contributed by atoms with van der Waals surface area (Å²) in [4.78, 5) is 16.3. The van der Waals surface area contributed by atoms with Crippen LogP contribution in [0.2, 0.25) is 0 Å². The highest BCUT2D eigenvalue weighted by Gasteiger charge is 2.17. The van der Waals surface area contributed by atoms with Gasteiger partial charge >= 0.3 is 0 Å². The van der Waals surface area contributed by atoms with E-state index < -0.39 is 21.7 Å². The van der Waals surface area contributed by atoms with Crippen LogP contribution >= 0.6 is 0 Å². The molecule has 3 aromatic rings. The number of hydrogen-bond donors (Lipinski definition) is 2. The first kappa shape index (κ1) is 19.5. The van der Waals surface area contributed by atoms with Crippen molar-refractivity contribution in [3.8, 4) is 0 Å². The third-order valence-corrected chi connectivity index (χ3v) is 5.37. The minimum absolute atomic E-state index is 0.186. The highest BCUT2D eigenvalue weighted by Crippen LogP contribution is 2.20. The Morgan fingerprint density at radius 2 is 1.82 bits per heavy atom. The average Bonchev–Trinajstić information content (AvgIpc) is 2.63. The summed E-state index contributed by atoms with van der Waals surface area (Å²) in [7, 11) is -3.99. The van der Waals surface area contributed by atoms with Crippen molar-refractivity contribution in [3.05, 3.63) is 83.3 Å². The maximum atomic E-state index is 13.7. The largest absolute Gasteiger partial charge is 0.307 e. The summed E-state index contributed by atoms with van der Waals surface area (Å²) < 4.78 is 41.0. The van der Waals surface area contributed by atoms with Gasteiger partial charge in [-0.2, -0.15) is 0 Å². The van der Waals surface area contributed by atoms with Gasteiger partial charge in [0.05, 0.1) is 4.90 Å². The predicted octanol–water partition coefficient (Wildman–Crippen LogP) is 3.89. The van der Waals surface area contributed by atoms with E-state index in [0.29, 0.717) is 11.4 Å². The van der Waals surface area contributed by atoms with Crippen molar-refractivity contribution < 1.29 is 17.6 Å². The first-order valence-corrected chi connectivity index (χ1v) is 9.86. The number of aromatic nitrogens is 1. The number of hydrogen-bond acceptors (Lipinski definition) is 4. The van der Waals surface area contributed by atoms with Crippen LogP contribution in [0.15, 0.2) is 65.7 Å². The zero-order chi connectivity index (χ0) is 20.3. The van der Waals surface area contributed by atoms with Crippen LogP contribution < -0.4 is 10.0 Å². The van der Waals surface area contributed by atoms with Crippen LogP contribution in [-0.2, 0) is 10.0 Å². The van der Waals surface area contributed by atoms with Gasteiger partial charge in [0.2, 0.25) is 0 Å². The average molecular weight is 399 g/mol. The highest BCUT2D eigenvalue weighted by atomic mass is 32.2. The number of nitrogens with one attached hydrogen (secondary N) is 2. The van der Waals surface area contributed by atoms with Crippen LogP contribution in [0.25, 0.3) is 0 Å². The molecule has 144 valence electrons. The molecule has 0 aliphatic rings. The van der Waals surface area contributed by atoms with Crippen LogP contribution in [0.3, 0.4) is 0 Å². The summed E-state index contributed by atoms with van der Waals surface area (Å²) in [5.74, 6) is -0.645. The van der Waals surface area contributed by atoms with E-state index in [-0.39, 0.29) is 16.1 Å². The zero-order valence-electron chi connectivity index (χ0n) is 15.2. The van der Waals surface area contributed by atoms with Gasteiger partial charge < -0.3 is 5.32 Å². The standard InChI is InChI=1S/C20H18FN3O3S/c1-13-8-9-22-19(10-13)23-20(25)15-4-3-5-16(11-15)24-28(26,27)17-7-6-14(2)18(21)12-17/h3-12,24H,1-2H3,(H,22,23,25). The van der Waals surface area contributed by atoms with Crippen molar-refractivity contribution in [2.45, 2.75) is 18.7 Å². The third kappa shape index (κ3) is 4.52. The molecule has 0 saturated heterocycles.